The molecule has 5 nitrogen and oxygen atoms in total. The monoisotopic (exact) mass is 171 g/mol. The van der Waals surface area contributed by atoms with Gasteiger partial charge in [0, 0.05) is 0 Å². The first-order valence-electron chi connectivity index (χ1n) is 0.730. The van der Waals surface area contributed by atoms with Gasteiger partial charge in [-0.25, -0.2) is 0 Å². The van der Waals surface area contributed by atoms with Crippen LogP contribution < -0.4 is 33.5 Å². The minimum absolute atomic E-state index is 0. The van der Waals surface area contributed by atoms with Crippen molar-refractivity contribution in [3.05, 3.63) is 0 Å². The molecule has 0 aromatic carbocycles. The number of rotatable bonds is 0. The summed E-state index contributed by atoms with van der Waals surface area (Å²) in [6.07, 6.45) is 0. The third kappa shape index (κ3) is 181. The molecular formula is H2LiO5PV. The molecule has 43 valence electrons. The molecule has 0 rings (SSSR count). The second-order valence-corrected chi connectivity index (χ2v) is 1.34. The molecule has 8 heavy (non-hydrogen) atoms. The van der Waals surface area contributed by atoms with Crippen LogP contribution in [0.25, 0.3) is 0 Å². The van der Waals surface area contributed by atoms with Crippen LogP contribution >= 0.6 is 7.82 Å². The predicted molar refractivity (Wildman–Crippen MR) is 11.2 cm³/mol. The van der Waals surface area contributed by atoms with Gasteiger partial charge in [-0.3, -0.25) is 0 Å². The SMILES string of the molecule is O.O=P([O-])([O-])[O-].[Li+].[V+2]. The molecule has 0 bridgehead atoms. The van der Waals surface area contributed by atoms with Crippen molar-refractivity contribution < 1.29 is 62.1 Å². The fourth-order valence-electron chi connectivity index (χ4n) is 0. The van der Waals surface area contributed by atoms with Crippen molar-refractivity contribution in [2.75, 3.05) is 0 Å². The first kappa shape index (κ1) is 22.8. The van der Waals surface area contributed by atoms with E-state index in [0.29, 0.717) is 0 Å². The Morgan fingerprint density at radius 1 is 1.12 bits per heavy atom. The molecule has 0 spiro atoms. The van der Waals surface area contributed by atoms with E-state index in [1.165, 1.54) is 0 Å². The van der Waals surface area contributed by atoms with E-state index in [2.05, 4.69) is 0 Å². The number of hydrogen-bond acceptors (Lipinski definition) is 4. The first-order chi connectivity index (χ1) is 2.00. The van der Waals surface area contributed by atoms with Gasteiger partial charge in [-0.2, -0.15) is 7.82 Å². The fourth-order valence-corrected chi connectivity index (χ4v) is 0. The molecule has 0 heterocycles. The molecule has 0 aromatic rings. The van der Waals surface area contributed by atoms with E-state index in [9.17, 15) is 0 Å². The molecule has 0 unspecified atom stereocenters. The van der Waals surface area contributed by atoms with E-state index in [1.54, 1.807) is 0 Å². The summed E-state index contributed by atoms with van der Waals surface area (Å²) in [5, 5.41) is 0. The standard InChI is InChI=1S/Li.H3O4P.H2O.V/c;1-5(2,3)4;;/h;(H3,1,2,3,4);1H2;/q+1;;;+2/p-3. The summed E-state index contributed by atoms with van der Waals surface area (Å²) in [7, 11) is -5.39. The number of hydrogen-bond donors (Lipinski definition) is 0. The first-order valence-corrected chi connectivity index (χ1v) is 2.19. The third-order valence-electron chi connectivity index (χ3n) is 0. The normalized spacial score (nSPS) is 7.38. The van der Waals surface area contributed by atoms with Crippen LogP contribution in [0.15, 0.2) is 0 Å². The van der Waals surface area contributed by atoms with Crippen molar-refractivity contribution in [2.24, 2.45) is 0 Å². The Balaban J connectivity index is -0.0000000267. The summed E-state index contributed by atoms with van der Waals surface area (Å²) in [6.45, 7) is 0. The van der Waals surface area contributed by atoms with Gasteiger partial charge in [0.15, 0.2) is 0 Å². The van der Waals surface area contributed by atoms with Crippen LogP contribution in [0.3, 0.4) is 0 Å². The van der Waals surface area contributed by atoms with E-state index in [4.69, 9.17) is 19.2 Å². The summed E-state index contributed by atoms with van der Waals surface area (Å²) >= 11 is 0. The average Bonchev–Trinajstić information content (AvgIpc) is 0.722. The predicted octanol–water partition coefficient (Wildman–Crippen LogP) is -6.65. The Hall–Kier alpha value is 1.25. The molecule has 2 N–H and O–H groups in total. The van der Waals surface area contributed by atoms with Crippen LogP contribution in [-0.2, 0) is 23.1 Å². The Labute approximate surface area is 70.1 Å². The average molecular weight is 171 g/mol. The topological polar surface area (TPSA) is 118 Å². The van der Waals surface area contributed by atoms with E-state index < -0.39 is 7.82 Å². The van der Waals surface area contributed by atoms with E-state index in [0.717, 1.165) is 0 Å². The van der Waals surface area contributed by atoms with Crippen LogP contribution in [0.2, 0.25) is 0 Å². The summed E-state index contributed by atoms with van der Waals surface area (Å²) in [5.41, 5.74) is 0. The van der Waals surface area contributed by atoms with Gasteiger partial charge in [0.2, 0.25) is 0 Å². The molecule has 0 amide bonds. The summed E-state index contributed by atoms with van der Waals surface area (Å²) in [6, 6.07) is 0. The molecule has 0 saturated carbocycles. The van der Waals surface area contributed by atoms with Crippen LogP contribution in [0.1, 0.15) is 0 Å². The Morgan fingerprint density at radius 3 is 1.12 bits per heavy atom. The largest absolute Gasteiger partial charge is 2.00 e. The van der Waals surface area contributed by atoms with Crippen molar-refractivity contribution in [3.8, 4) is 0 Å². The zero-order chi connectivity index (χ0) is 4.50. The molecule has 0 aliphatic heterocycles. The molecular weight excluding hydrogens is 169 g/mol. The van der Waals surface area contributed by atoms with Crippen molar-refractivity contribution in [1.29, 1.82) is 0 Å². The zero-order valence-corrected chi connectivity index (χ0v) is 6.32. The maximum Gasteiger partial charge on any atom is 2.00 e. The van der Waals surface area contributed by atoms with Crippen LogP contribution in [0.4, 0.5) is 0 Å². The third-order valence-corrected chi connectivity index (χ3v) is 0. The smallest absolute Gasteiger partial charge is 0.822 e. The van der Waals surface area contributed by atoms with Crippen LogP contribution in [0.5, 0.6) is 0 Å². The van der Waals surface area contributed by atoms with Gasteiger partial charge in [-0.15, -0.1) is 0 Å². The van der Waals surface area contributed by atoms with E-state index >= 15 is 0 Å². The molecule has 0 aromatic heterocycles. The quantitative estimate of drug-likeness (QED) is 0.265. The molecule has 0 atom stereocenters. The Bertz CT molecular complexity index is 58.6. The minimum Gasteiger partial charge on any atom is -0.822 e. The van der Waals surface area contributed by atoms with Gasteiger partial charge in [-0.05, 0) is 0 Å². The van der Waals surface area contributed by atoms with Crippen molar-refractivity contribution in [1.82, 2.24) is 0 Å². The second kappa shape index (κ2) is 8.25. The van der Waals surface area contributed by atoms with Crippen LogP contribution in [0, 0.1) is 0 Å². The summed E-state index contributed by atoms with van der Waals surface area (Å²) in [5.74, 6) is 0. The minimum atomic E-state index is -5.39. The summed E-state index contributed by atoms with van der Waals surface area (Å²) < 4.78 is 8.55. The molecule has 8 heteroatoms. The zero-order valence-electron chi connectivity index (χ0n) is 4.03. The van der Waals surface area contributed by atoms with E-state index in [-0.39, 0.29) is 42.9 Å². The van der Waals surface area contributed by atoms with Gasteiger partial charge in [0.25, 0.3) is 0 Å². The molecule has 0 aliphatic carbocycles. The molecule has 1 radical (unpaired) electrons. The molecule has 0 fully saturated rings. The fraction of sp³-hybridized carbons (Fsp3) is 0. The molecule has 0 aliphatic rings. The molecule has 0 saturated heterocycles. The van der Waals surface area contributed by atoms with Gasteiger partial charge >= 0.3 is 37.4 Å². The van der Waals surface area contributed by atoms with Gasteiger partial charge in [0.05, 0.1) is 0 Å². The van der Waals surface area contributed by atoms with Crippen molar-refractivity contribution >= 4 is 7.82 Å². The van der Waals surface area contributed by atoms with Crippen LogP contribution in [-0.4, -0.2) is 5.48 Å². The Morgan fingerprint density at radius 2 is 1.12 bits per heavy atom. The van der Waals surface area contributed by atoms with Gasteiger partial charge in [0.1, 0.15) is 0 Å². The van der Waals surface area contributed by atoms with Gasteiger partial charge < -0.3 is 24.7 Å². The Kier molecular flexibility index (Phi) is 23.6. The van der Waals surface area contributed by atoms with Gasteiger partial charge in [-0.1, -0.05) is 0 Å². The van der Waals surface area contributed by atoms with Crippen molar-refractivity contribution in [2.45, 2.75) is 0 Å². The van der Waals surface area contributed by atoms with E-state index in [1.807, 2.05) is 0 Å². The maximum absolute atomic E-state index is 8.55. The number of phosphoric acid groups is 1. The second-order valence-electron chi connectivity index (χ2n) is 0.447. The summed E-state index contributed by atoms with van der Waals surface area (Å²) in [4.78, 5) is 25.6. The van der Waals surface area contributed by atoms with Crippen molar-refractivity contribution in [3.63, 3.8) is 0 Å². The maximum atomic E-state index is 8.55.